The summed E-state index contributed by atoms with van der Waals surface area (Å²) < 4.78 is 32.7. The molecule has 38 heavy (non-hydrogen) atoms. The lowest BCUT2D eigenvalue weighted by Crippen LogP contribution is -2.42. The zero-order valence-corrected chi connectivity index (χ0v) is 22.7. The lowest BCUT2D eigenvalue weighted by molar-refractivity contribution is -0.139. The number of methoxy groups -OCH3 is 1. The van der Waals surface area contributed by atoms with Crippen LogP contribution in [0.2, 0.25) is 5.02 Å². The maximum Gasteiger partial charge on any atom is 0.303 e. The van der Waals surface area contributed by atoms with Crippen molar-refractivity contribution < 1.29 is 28.5 Å². The van der Waals surface area contributed by atoms with Crippen molar-refractivity contribution in [2.75, 3.05) is 32.5 Å². The lowest BCUT2D eigenvalue weighted by Gasteiger charge is -2.38. The summed E-state index contributed by atoms with van der Waals surface area (Å²) in [7, 11) is 1.57. The highest BCUT2D eigenvalue weighted by Gasteiger charge is 2.31. The fourth-order valence-electron chi connectivity index (χ4n) is 5.22. The Balaban J connectivity index is 1.38. The number of carboxylic acids is 1. The van der Waals surface area contributed by atoms with Crippen molar-refractivity contribution in [2.24, 2.45) is 11.8 Å². The summed E-state index contributed by atoms with van der Waals surface area (Å²) in [5.41, 5.74) is 1.31. The van der Waals surface area contributed by atoms with Gasteiger partial charge in [0, 0.05) is 47.3 Å². The van der Waals surface area contributed by atoms with Gasteiger partial charge in [0.05, 0.1) is 23.8 Å². The van der Waals surface area contributed by atoms with Crippen LogP contribution in [0.1, 0.15) is 37.4 Å². The summed E-state index contributed by atoms with van der Waals surface area (Å²) in [6.07, 6.45) is 2.63. The van der Waals surface area contributed by atoms with E-state index in [1.165, 1.54) is 24.0 Å². The number of ether oxygens (including phenoxy) is 1. The number of aliphatic carboxylic acids is 1. The summed E-state index contributed by atoms with van der Waals surface area (Å²) in [4.78, 5) is 18.4. The van der Waals surface area contributed by atoms with Gasteiger partial charge in [0.15, 0.2) is 0 Å². The van der Waals surface area contributed by atoms with Crippen molar-refractivity contribution in [3.05, 3.63) is 64.8 Å². The van der Waals surface area contributed by atoms with Gasteiger partial charge in [0.25, 0.3) is 0 Å². The maximum absolute atomic E-state index is 13.9. The van der Waals surface area contributed by atoms with E-state index in [1.807, 2.05) is 12.1 Å². The summed E-state index contributed by atoms with van der Waals surface area (Å²) in [6, 6.07) is 8.85. The second kappa shape index (κ2) is 13.1. The van der Waals surface area contributed by atoms with Gasteiger partial charge in [-0.1, -0.05) is 11.6 Å². The van der Waals surface area contributed by atoms with Crippen molar-refractivity contribution >= 4 is 40.2 Å². The first kappa shape index (κ1) is 28.5. The van der Waals surface area contributed by atoms with Gasteiger partial charge >= 0.3 is 5.97 Å². The van der Waals surface area contributed by atoms with E-state index < -0.39 is 23.7 Å². The normalized spacial score (nSPS) is 19.0. The molecule has 3 aromatic rings. The average Bonchev–Trinajstić information content (AvgIpc) is 2.89. The first-order chi connectivity index (χ1) is 18.2. The van der Waals surface area contributed by atoms with Gasteiger partial charge in [0.2, 0.25) is 0 Å². The molecule has 2 unspecified atom stereocenters. The Hall–Kier alpha value is -2.46. The van der Waals surface area contributed by atoms with Gasteiger partial charge in [-0.2, -0.15) is 0 Å². The van der Waals surface area contributed by atoms with Gasteiger partial charge in [-0.25, -0.2) is 8.78 Å². The van der Waals surface area contributed by atoms with E-state index in [-0.39, 0.29) is 23.2 Å². The van der Waals surface area contributed by atoms with E-state index in [1.54, 1.807) is 13.2 Å². The third-order valence-electron chi connectivity index (χ3n) is 7.18. The van der Waals surface area contributed by atoms with E-state index >= 15 is 0 Å². The third kappa shape index (κ3) is 7.14. The molecular formula is C28H31ClF2N2O4S. The number of hydrogen-bond donors (Lipinski definition) is 2. The number of fused-ring (bicyclic) bond motifs is 1. The molecule has 1 saturated heterocycles. The number of piperidine rings is 1. The van der Waals surface area contributed by atoms with Gasteiger partial charge in [-0.05, 0) is 74.0 Å². The number of likely N-dealkylation sites (tertiary alicyclic amines) is 1. The number of nitrogens with zero attached hydrogens (tertiary/aromatic N) is 2. The van der Waals surface area contributed by atoms with Crippen molar-refractivity contribution in [1.29, 1.82) is 0 Å². The van der Waals surface area contributed by atoms with Crippen molar-refractivity contribution in [2.45, 2.75) is 36.7 Å². The van der Waals surface area contributed by atoms with Gasteiger partial charge < -0.3 is 19.8 Å². The molecule has 1 aromatic heterocycles. The zero-order valence-electron chi connectivity index (χ0n) is 21.1. The Morgan fingerprint density at radius 2 is 2.08 bits per heavy atom. The molecule has 0 amide bonds. The Bertz CT molecular complexity index is 1280. The van der Waals surface area contributed by atoms with Gasteiger partial charge in [-0.15, -0.1) is 11.8 Å². The number of halogens is 3. The molecule has 0 bridgehead atoms. The number of aromatic nitrogens is 1. The molecule has 10 heteroatoms. The molecule has 2 aromatic carbocycles. The number of benzene rings is 2. The Morgan fingerprint density at radius 3 is 2.84 bits per heavy atom. The molecule has 1 aliphatic heterocycles. The Morgan fingerprint density at radius 1 is 1.26 bits per heavy atom. The van der Waals surface area contributed by atoms with Crippen LogP contribution in [0.3, 0.4) is 0 Å². The van der Waals surface area contributed by atoms with Crippen LogP contribution in [0.5, 0.6) is 5.75 Å². The highest BCUT2D eigenvalue weighted by molar-refractivity contribution is 7.99. The molecule has 1 aliphatic rings. The lowest BCUT2D eigenvalue weighted by atomic mass is 9.79. The second-order valence-corrected chi connectivity index (χ2v) is 11.2. The molecule has 3 atom stereocenters. The SMILES string of the molecule is COc1ccc2ncc(Cl)c([C@H](O)CCC3CCN(CCSc4cc(F)ccc4F)CC3CC(=O)O)c2c1. The van der Waals surface area contributed by atoms with Crippen LogP contribution in [0.4, 0.5) is 8.78 Å². The van der Waals surface area contributed by atoms with Crippen molar-refractivity contribution in [1.82, 2.24) is 9.88 Å². The van der Waals surface area contributed by atoms with Crippen molar-refractivity contribution in [3.8, 4) is 5.75 Å². The monoisotopic (exact) mass is 564 g/mol. The van der Waals surface area contributed by atoms with Crippen LogP contribution in [0.25, 0.3) is 10.9 Å². The number of aliphatic hydroxyl groups is 1. The van der Waals surface area contributed by atoms with E-state index in [2.05, 4.69) is 9.88 Å². The number of carboxylic acid groups (broad SMARTS) is 1. The predicted octanol–water partition coefficient (Wildman–Crippen LogP) is 6.19. The quantitative estimate of drug-likeness (QED) is 0.269. The smallest absolute Gasteiger partial charge is 0.303 e. The number of thioether (sulfide) groups is 1. The summed E-state index contributed by atoms with van der Waals surface area (Å²) >= 11 is 7.70. The number of carbonyl (C=O) groups is 1. The number of hydrogen-bond acceptors (Lipinski definition) is 6. The highest BCUT2D eigenvalue weighted by Crippen LogP contribution is 2.37. The third-order valence-corrected chi connectivity index (χ3v) is 8.49. The predicted molar refractivity (Wildman–Crippen MR) is 145 cm³/mol. The molecule has 0 aliphatic carbocycles. The first-order valence-corrected chi connectivity index (χ1v) is 13.9. The molecule has 0 radical (unpaired) electrons. The highest BCUT2D eigenvalue weighted by atomic mass is 35.5. The molecule has 4 rings (SSSR count). The van der Waals surface area contributed by atoms with E-state index in [4.69, 9.17) is 16.3 Å². The minimum atomic E-state index is -0.853. The fourth-order valence-corrected chi connectivity index (χ4v) is 6.46. The molecule has 2 N–H and O–H groups in total. The molecule has 204 valence electrons. The van der Waals surface area contributed by atoms with Gasteiger partial charge in [0.1, 0.15) is 17.4 Å². The van der Waals surface area contributed by atoms with E-state index in [9.17, 15) is 23.8 Å². The molecule has 1 fully saturated rings. The number of rotatable bonds is 11. The van der Waals surface area contributed by atoms with Crippen LogP contribution in [-0.4, -0.2) is 58.6 Å². The largest absolute Gasteiger partial charge is 0.497 e. The maximum atomic E-state index is 13.9. The average molecular weight is 565 g/mol. The van der Waals surface area contributed by atoms with Crippen molar-refractivity contribution in [3.63, 3.8) is 0 Å². The molecule has 0 spiro atoms. The molecule has 2 heterocycles. The Labute approximate surface area is 230 Å². The summed E-state index contributed by atoms with van der Waals surface area (Å²) in [6.45, 7) is 2.03. The standard InChI is InChI=1S/C28H31ClF2N2O4S/c1-37-20-4-6-24-21(14-20)28(22(29)15-32-24)25(34)7-2-17-8-9-33(16-18(17)12-27(35)36)10-11-38-26-13-19(30)3-5-23(26)31/h3-6,13-15,17-18,25,34H,2,7-12,16H2,1H3,(H,35,36)/t17?,18?,25-/m1/s1. The van der Waals surface area contributed by atoms with E-state index in [0.29, 0.717) is 53.5 Å². The number of aliphatic hydroxyl groups excluding tert-OH is 1. The Kier molecular flexibility index (Phi) is 9.81. The fraction of sp³-hybridized carbons (Fsp3) is 0.429. The van der Waals surface area contributed by atoms with Crippen LogP contribution < -0.4 is 4.74 Å². The van der Waals surface area contributed by atoms with Gasteiger partial charge in [-0.3, -0.25) is 9.78 Å². The van der Waals surface area contributed by atoms with Crippen LogP contribution in [-0.2, 0) is 4.79 Å². The summed E-state index contributed by atoms with van der Waals surface area (Å²) in [5.74, 6) is -0.505. The zero-order chi connectivity index (χ0) is 27.2. The molecule has 6 nitrogen and oxygen atoms in total. The first-order valence-electron chi connectivity index (χ1n) is 12.6. The molecule has 0 saturated carbocycles. The van der Waals surface area contributed by atoms with Crippen LogP contribution in [0, 0.1) is 23.5 Å². The minimum absolute atomic E-state index is 0.0407. The van der Waals surface area contributed by atoms with Crippen LogP contribution >= 0.6 is 23.4 Å². The van der Waals surface area contributed by atoms with E-state index in [0.717, 1.165) is 30.5 Å². The van der Waals surface area contributed by atoms with Crippen LogP contribution in [0.15, 0.2) is 47.5 Å². The second-order valence-electron chi connectivity index (χ2n) is 9.63. The molecular weight excluding hydrogens is 534 g/mol. The minimum Gasteiger partial charge on any atom is -0.497 e. The summed E-state index contributed by atoms with van der Waals surface area (Å²) in [5, 5.41) is 21.8. The number of pyridine rings is 1. The topological polar surface area (TPSA) is 82.9 Å².